The fourth-order valence-corrected chi connectivity index (χ4v) is 4.88. The van der Waals surface area contributed by atoms with Gasteiger partial charge < -0.3 is 15.0 Å². The van der Waals surface area contributed by atoms with Crippen LogP contribution in [-0.4, -0.2) is 39.9 Å². The van der Waals surface area contributed by atoms with Crippen LogP contribution in [0.15, 0.2) is 47.4 Å². The number of amides is 2. The first-order valence-corrected chi connectivity index (χ1v) is 11.6. The molecule has 1 saturated carbocycles. The highest BCUT2D eigenvalue weighted by atomic mass is 32.2. The Kier molecular flexibility index (Phi) is 5.72. The zero-order valence-corrected chi connectivity index (χ0v) is 18.2. The minimum absolute atomic E-state index is 0.0271. The summed E-state index contributed by atoms with van der Waals surface area (Å²) in [7, 11) is -1.99. The first-order valence-electron chi connectivity index (χ1n) is 10.1. The predicted molar refractivity (Wildman–Crippen MR) is 117 cm³/mol. The van der Waals surface area contributed by atoms with Crippen molar-refractivity contribution in [2.24, 2.45) is 5.92 Å². The van der Waals surface area contributed by atoms with E-state index in [0.29, 0.717) is 17.1 Å². The van der Waals surface area contributed by atoms with Crippen molar-refractivity contribution >= 4 is 33.2 Å². The van der Waals surface area contributed by atoms with E-state index in [9.17, 15) is 18.0 Å². The maximum Gasteiger partial charge on any atom is 0.240 e. The molecule has 2 aromatic rings. The highest BCUT2D eigenvalue weighted by molar-refractivity contribution is 7.89. The minimum atomic E-state index is -3.54. The molecule has 8 nitrogen and oxygen atoms in total. The zero-order chi connectivity index (χ0) is 22.2. The summed E-state index contributed by atoms with van der Waals surface area (Å²) in [6, 6.07) is 11.6. The van der Waals surface area contributed by atoms with E-state index in [2.05, 4.69) is 10.0 Å². The lowest BCUT2D eigenvalue weighted by Crippen LogP contribution is -2.28. The molecule has 2 aromatic carbocycles. The van der Waals surface area contributed by atoms with E-state index in [1.165, 1.54) is 12.1 Å². The highest BCUT2D eigenvalue weighted by Gasteiger charge is 2.36. The molecule has 0 radical (unpaired) electrons. The summed E-state index contributed by atoms with van der Waals surface area (Å²) in [6.45, 7) is 2.18. The molecular weight excluding hydrogens is 418 g/mol. The molecule has 2 amide bonds. The lowest BCUT2D eigenvalue weighted by atomic mass is 10.1. The Morgan fingerprint density at radius 1 is 1.13 bits per heavy atom. The monoisotopic (exact) mass is 443 g/mol. The molecule has 1 aliphatic heterocycles. The molecule has 0 aromatic heterocycles. The standard InChI is InChI=1S/C22H25N3O5S/c1-14-3-10-20(30-2)19(11-14)25-13-15(12-21(25)26)22(27)23-16-6-8-18(9-7-16)31(28,29)24-17-4-5-17/h3,6-11,15,17,24H,4-5,12-13H2,1-2H3,(H,23,27). The molecule has 4 rings (SSSR count). The van der Waals surface area contributed by atoms with Crippen LogP contribution in [0.5, 0.6) is 5.75 Å². The Morgan fingerprint density at radius 3 is 2.48 bits per heavy atom. The van der Waals surface area contributed by atoms with Gasteiger partial charge in [0.2, 0.25) is 21.8 Å². The van der Waals surface area contributed by atoms with Crippen molar-refractivity contribution in [3.05, 3.63) is 48.0 Å². The first-order chi connectivity index (χ1) is 14.8. The number of sulfonamides is 1. The van der Waals surface area contributed by atoms with Crippen molar-refractivity contribution in [3.63, 3.8) is 0 Å². The lowest BCUT2D eigenvalue weighted by molar-refractivity contribution is -0.122. The Labute approximate surface area is 181 Å². The van der Waals surface area contributed by atoms with Gasteiger partial charge in [0, 0.05) is 24.7 Å². The van der Waals surface area contributed by atoms with Crippen molar-refractivity contribution < 1.29 is 22.7 Å². The Hall–Kier alpha value is -2.91. The van der Waals surface area contributed by atoms with Crippen LogP contribution in [0, 0.1) is 12.8 Å². The van der Waals surface area contributed by atoms with Crippen LogP contribution in [0.4, 0.5) is 11.4 Å². The third kappa shape index (κ3) is 4.72. The van der Waals surface area contributed by atoms with E-state index >= 15 is 0 Å². The van der Waals surface area contributed by atoms with Crippen molar-refractivity contribution in [2.45, 2.75) is 37.1 Å². The molecule has 1 heterocycles. The van der Waals surface area contributed by atoms with Crippen LogP contribution < -0.4 is 19.7 Å². The van der Waals surface area contributed by atoms with Crippen LogP contribution in [-0.2, 0) is 19.6 Å². The third-order valence-electron chi connectivity index (χ3n) is 5.45. The topological polar surface area (TPSA) is 105 Å². The van der Waals surface area contributed by atoms with Gasteiger partial charge in [-0.05, 0) is 61.7 Å². The van der Waals surface area contributed by atoms with Gasteiger partial charge in [0.25, 0.3) is 0 Å². The minimum Gasteiger partial charge on any atom is -0.495 e. The van der Waals surface area contributed by atoms with E-state index in [0.717, 1.165) is 18.4 Å². The number of rotatable bonds is 7. The first kappa shape index (κ1) is 21.3. The maximum absolute atomic E-state index is 12.7. The number of nitrogens with zero attached hydrogens (tertiary/aromatic N) is 1. The van der Waals surface area contributed by atoms with Gasteiger partial charge >= 0.3 is 0 Å². The average molecular weight is 444 g/mol. The van der Waals surface area contributed by atoms with E-state index < -0.39 is 15.9 Å². The quantitative estimate of drug-likeness (QED) is 0.684. The van der Waals surface area contributed by atoms with Gasteiger partial charge in [-0.25, -0.2) is 13.1 Å². The number of ether oxygens (including phenoxy) is 1. The molecule has 2 N–H and O–H groups in total. The molecular formula is C22H25N3O5S. The summed E-state index contributed by atoms with van der Waals surface area (Å²) in [5.74, 6) is -0.361. The van der Waals surface area contributed by atoms with Gasteiger partial charge in [-0.2, -0.15) is 0 Å². The molecule has 2 aliphatic rings. The number of methoxy groups -OCH3 is 1. The van der Waals surface area contributed by atoms with Crippen molar-refractivity contribution in [1.29, 1.82) is 0 Å². The third-order valence-corrected chi connectivity index (χ3v) is 6.99. The van der Waals surface area contributed by atoms with Crippen LogP contribution in [0.1, 0.15) is 24.8 Å². The Morgan fingerprint density at radius 2 is 1.84 bits per heavy atom. The Bertz CT molecular complexity index is 1110. The maximum atomic E-state index is 12.7. The van der Waals surface area contributed by atoms with Gasteiger partial charge in [0.05, 0.1) is 23.6 Å². The summed E-state index contributed by atoms with van der Waals surface area (Å²) in [6.07, 6.45) is 1.82. The molecule has 1 saturated heterocycles. The Balaban J connectivity index is 1.42. The molecule has 2 fully saturated rings. The number of carbonyl (C=O) groups is 2. The van der Waals surface area contributed by atoms with Crippen LogP contribution >= 0.6 is 0 Å². The molecule has 31 heavy (non-hydrogen) atoms. The summed E-state index contributed by atoms with van der Waals surface area (Å²) in [4.78, 5) is 27.1. The molecule has 0 spiro atoms. The van der Waals surface area contributed by atoms with E-state index in [-0.39, 0.29) is 35.7 Å². The van der Waals surface area contributed by atoms with Gasteiger partial charge in [0.15, 0.2) is 0 Å². The molecule has 1 atom stereocenters. The molecule has 9 heteroatoms. The highest BCUT2D eigenvalue weighted by Crippen LogP contribution is 2.34. The number of nitrogens with one attached hydrogen (secondary N) is 2. The number of hydrogen-bond acceptors (Lipinski definition) is 5. The predicted octanol–water partition coefficient (Wildman–Crippen LogP) is 2.44. The van der Waals surface area contributed by atoms with Gasteiger partial charge in [-0.3, -0.25) is 9.59 Å². The summed E-state index contributed by atoms with van der Waals surface area (Å²) in [5.41, 5.74) is 2.12. The number of benzene rings is 2. The molecule has 1 unspecified atom stereocenters. The summed E-state index contributed by atoms with van der Waals surface area (Å²) >= 11 is 0. The fourth-order valence-electron chi connectivity index (χ4n) is 3.58. The molecule has 1 aliphatic carbocycles. The fraction of sp³-hybridized carbons (Fsp3) is 0.364. The van der Waals surface area contributed by atoms with Gasteiger partial charge in [0.1, 0.15) is 5.75 Å². The summed E-state index contributed by atoms with van der Waals surface area (Å²) < 4.78 is 32.5. The number of carbonyl (C=O) groups excluding carboxylic acids is 2. The van der Waals surface area contributed by atoms with Crippen molar-refractivity contribution in [1.82, 2.24) is 4.72 Å². The van der Waals surface area contributed by atoms with Crippen LogP contribution in [0.25, 0.3) is 0 Å². The van der Waals surface area contributed by atoms with Crippen molar-refractivity contribution in [3.8, 4) is 5.75 Å². The molecule has 164 valence electrons. The van der Waals surface area contributed by atoms with E-state index in [1.807, 2.05) is 19.1 Å². The lowest BCUT2D eigenvalue weighted by Gasteiger charge is -2.20. The van der Waals surface area contributed by atoms with Crippen molar-refractivity contribution in [2.75, 3.05) is 23.9 Å². The van der Waals surface area contributed by atoms with E-state index in [1.54, 1.807) is 30.2 Å². The largest absolute Gasteiger partial charge is 0.495 e. The number of hydrogen-bond donors (Lipinski definition) is 2. The smallest absolute Gasteiger partial charge is 0.240 e. The normalized spacial score (nSPS) is 18.8. The van der Waals surface area contributed by atoms with E-state index in [4.69, 9.17) is 4.74 Å². The molecule has 0 bridgehead atoms. The number of aryl methyl sites for hydroxylation is 1. The van der Waals surface area contributed by atoms with Crippen LogP contribution in [0.3, 0.4) is 0 Å². The SMILES string of the molecule is COc1ccc(C)cc1N1CC(C(=O)Nc2ccc(S(=O)(=O)NC3CC3)cc2)CC1=O. The zero-order valence-electron chi connectivity index (χ0n) is 17.4. The second kappa shape index (κ2) is 8.32. The second-order valence-electron chi connectivity index (χ2n) is 7.99. The summed E-state index contributed by atoms with van der Waals surface area (Å²) in [5, 5.41) is 2.78. The second-order valence-corrected chi connectivity index (χ2v) is 9.70. The van der Waals surface area contributed by atoms with Crippen LogP contribution in [0.2, 0.25) is 0 Å². The average Bonchev–Trinajstić information content (AvgIpc) is 3.45. The van der Waals surface area contributed by atoms with Gasteiger partial charge in [-0.1, -0.05) is 6.07 Å². The van der Waals surface area contributed by atoms with Gasteiger partial charge in [-0.15, -0.1) is 0 Å². The number of anilines is 2.